The number of nitrogens with zero attached hydrogens (tertiary/aromatic N) is 2. The van der Waals surface area contributed by atoms with Crippen LogP contribution in [0.2, 0.25) is 0 Å². The van der Waals surface area contributed by atoms with Crippen molar-refractivity contribution in [3.05, 3.63) is 64.9 Å². The van der Waals surface area contributed by atoms with Gasteiger partial charge in [-0.15, -0.1) is 10.2 Å². The third-order valence-corrected chi connectivity index (χ3v) is 3.29. The first-order chi connectivity index (χ1) is 9.59. The van der Waals surface area contributed by atoms with Crippen molar-refractivity contribution in [1.82, 2.24) is 4.98 Å². The molecule has 6 heteroatoms. The highest BCUT2D eigenvalue weighted by atomic mass is 79.9. The maximum Gasteiger partial charge on any atom is 0.211 e. The first-order valence-electron chi connectivity index (χ1n) is 5.84. The van der Waals surface area contributed by atoms with E-state index in [0.717, 1.165) is 15.7 Å². The molecule has 1 aromatic heterocycles. The van der Waals surface area contributed by atoms with Gasteiger partial charge in [0.2, 0.25) is 5.96 Å². The molecule has 20 heavy (non-hydrogen) atoms. The second kappa shape index (κ2) is 6.21. The fraction of sp³-hybridized carbons (Fsp3) is 0. The van der Waals surface area contributed by atoms with E-state index in [1.165, 1.54) is 0 Å². The molecule has 0 unspecified atom stereocenters. The number of nitrogens with two attached hydrogens (primary N) is 2. The van der Waals surface area contributed by atoms with Crippen LogP contribution in [0.5, 0.6) is 0 Å². The number of H-pyrrole nitrogens is 1. The van der Waals surface area contributed by atoms with Gasteiger partial charge in [0.1, 0.15) is 5.71 Å². The van der Waals surface area contributed by atoms with Gasteiger partial charge < -0.3 is 16.5 Å². The molecule has 5 N–H and O–H groups in total. The topological polar surface area (TPSA) is 92.5 Å². The molecule has 0 saturated carbocycles. The number of hydrogen-bond acceptors (Lipinski definition) is 2. The van der Waals surface area contributed by atoms with Crippen LogP contribution in [0.4, 0.5) is 0 Å². The number of nitrogens with one attached hydrogen (secondary N) is 1. The first-order valence-corrected chi connectivity index (χ1v) is 6.63. The zero-order valence-electron chi connectivity index (χ0n) is 10.7. The van der Waals surface area contributed by atoms with E-state index in [-0.39, 0.29) is 5.96 Å². The van der Waals surface area contributed by atoms with Crippen LogP contribution in [-0.4, -0.2) is 16.7 Å². The predicted molar refractivity (Wildman–Crippen MR) is 86.3 cm³/mol. The van der Waals surface area contributed by atoms with Crippen LogP contribution in [0.15, 0.2) is 63.8 Å². The summed E-state index contributed by atoms with van der Waals surface area (Å²) in [5.41, 5.74) is 13.7. The second-order valence-electron chi connectivity index (χ2n) is 4.02. The second-order valence-corrected chi connectivity index (χ2v) is 4.87. The van der Waals surface area contributed by atoms with Gasteiger partial charge in [0.25, 0.3) is 0 Å². The zero-order chi connectivity index (χ0) is 14.5. The molecule has 0 aliphatic heterocycles. The van der Waals surface area contributed by atoms with Crippen molar-refractivity contribution in [2.24, 2.45) is 21.7 Å². The predicted octanol–water partition coefficient (Wildman–Crippen LogP) is 2.47. The molecule has 0 fully saturated rings. The fourth-order valence-corrected chi connectivity index (χ4v) is 2.16. The Balaban J connectivity index is 2.52. The number of guanidine groups is 1. The van der Waals surface area contributed by atoms with Crippen LogP contribution in [0, 0.1) is 0 Å². The SMILES string of the molecule is C=C(C(=NN=C(N)N)c1ccccc1Br)c1ccc[nH]1. The summed E-state index contributed by atoms with van der Waals surface area (Å²) < 4.78 is 0.886. The fourth-order valence-electron chi connectivity index (χ4n) is 1.68. The molecule has 0 atom stereocenters. The van der Waals surface area contributed by atoms with Gasteiger partial charge in [-0.05, 0) is 18.2 Å². The third-order valence-electron chi connectivity index (χ3n) is 2.60. The smallest absolute Gasteiger partial charge is 0.211 e. The van der Waals surface area contributed by atoms with Crippen molar-refractivity contribution in [2.75, 3.05) is 0 Å². The number of hydrogen-bond donors (Lipinski definition) is 3. The summed E-state index contributed by atoms with van der Waals surface area (Å²) >= 11 is 3.49. The van der Waals surface area contributed by atoms with E-state index >= 15 is 0 Å². The van der Waals surface area contributed by atoms with Crippen molar-refractivity contribution >= 4 is 33.2 Å². The van der Waals surface area contributed by atoms with E-state index in [9.17, 15) is 0 Å². The number of benzene rings is 1. The van der Waals surface area contributed by atoms with Gasteiger partial charge in [-0.25, -0.2) is 0 Å². The molecule has 1 heterocycles. The van der Waals surface area contributed by atoms with Crippen molar-refractivity contribution in [3.63, 3.8) is 0 Å². The Morgan fingerprint density at radius 1 is 1.10 bits per heavy atom. The molecule has 102 valence electrons. The van der Waals surface area contributed by atoms with Gasteiger partial charge >= 0.3 is 0 Å². The van der Waals surface area contributed by atoms with Gasteiger partial charge in [-0.1, -0.05) is 40.7 Å². The minimum Gasteiger partial charge on any atom is -0.369 e. The molecule has 0 amide bonds. The van der Waals surface area contributed by atoms with Crippen LogP contribution < -0.4 is 11.5 Å². The van der Waals surface area contributed by atoms with Gasteiger partial charge in [0.05, 0.1) is 0 Å². The highest BCUT2D eigenvalue weighted by molar-refractivity contribution is 9.10. The largest absolute Gasteiger partial charge is 0.369 e. The monoisotopic (exact) mass is 331 g/mol. The minimum atomic E-state index is -0.103. The van der Waals surface area contributed by atoms with E-state index in [0.29, 0.717) is 11.3 Å². The first kappa shape index (κ1) is 14.1. The summed E-state index contributed by atoms with van der Waals surface area (Å²) in [6.45, 7) is 4.06. The molecule has 2 aromatic rings. The van der Waals surface area contributed by atoms with Crippen molar-refractivity contribution in [3.8, 4) is 0 Å². The van der Waals surface area contributed by atoms with Crippen LogP contribution in [0.3, 0.4) is 0 Å². The molecule has 0 aliphatic carbocycles. The maximum atomic E-state index is 5.35. The molecule has 0 saturated heterocycles. The summed E-state index contributed by atoms with van der Waals surface area (Å²) in [4.78, 5) is 3.09. The lowest BCUT2D eigenvalue weighted by Gasteiger charge is -2.09. The highest BCUT2D eigenvalue weighted by Gasteiger charge is 2.13. The Hall–Kier alpha value is -2.34. The summed E-state index contributed by atoms with van der Waals surface area (Å²) in [7, 11) is 0. The number of halogens is 1. The van der Waals surface area contributed by atoms with E-state index in [4.69, 9.17) is 11.5 Å². The van der Waals surface area contributed by atoms with Crippen molar-refractivity contribution in [2.45, 2.75) is 0 Å². The summed E-state index contributed by atoms with van der Waals surface area (Å²) in [5.74, 6) is -0.103. The minimum absolute atomic E-state index is 0.103. The van der Waals surface area contributed by atoms with E-state index < -0.39 is 0 Å². The van der Waals surface area contributed by atoms with Gasteiger partial charge in [0.15, 0.2) is 0 Å². The molecule has 1 aromatic carbocycles. The van der Waals surface area contributed by atoms with Gasteiger partial charge in [-0.3, -0.25) is 0 Å². The average Bonchev–Trinajstić information content (AvgIpc) is 2.94. The number of rotatable bonds is 4. The van der Waals surface area contributed by atoms with Crippen molar-refractivity contribution < 1.29 is 0 Å². The normalized spacial score (nSPS) is 11.2. The standard InChI is InChI=1S/C14H14BrN5/c1-9(12-7-4-8-18-12)13(19-20-14(16)17)10-5-2-3-6-11(10)15/h2-8,18H,1H2,(H4,16,17,20). The quantitative estimate of drug-likeness (QED) is 0.456. The molecule has 2 rings (SSSR count). The average molecular weight is 332 g/mol. The summed E-state index contributed by atoms with van der Waals surface area (Å²) in [6.07, 6.45) is 1.82. The van der Waals surface area contributed by atoms with E-state index in [2.05, 4.69) is 37.7 Å². The van der Waals surface area contributed by atoms with Crippen molar-refractivity contribution in [1.29, 1.82) is 0 Å². The number of aromatic nitrogens is 1. The summed E-state index contributed by atoms with van der Waals surface area (Å²) in [6, 6.07) is 11.5. The Morgan fingerprint density at radius 2 is 1.85 bits per heavy atom. The van der Waals surface area contributed by atoms with Crippen LogP contribution >= 0.6 is 15.9 Å². The number of allylic oxidation sites excluding steroid dienone is 1. The highest BCUT2D eigenvalue weighted by Crippen LogP contribution is 2.24. The maximum absolute atomic E-state index is 5.35. The Kier molecular flexibility index (Phi) is 4.37. The Labute approximate surface area is 125 Å². The van der Waals surface area contributed by atoms with Gasteiger partial charge in [0, 0.05) is 27.5 Å². The van der Waals surface area contributed by atoms with Gasteiger partial charge in [-0.2, -0.15) is 0 Å². The van der Waals surface area contributed by atoms with E-state index in [1.54, 1.807) is 0 Å². The zero-order valence-corrected chi connectivity index (χ0v) is 12.3. The molecule has 0 spiro atoms. The lowest BCUT2D eigenvalue weighted by Crippen LogP contribution is -2.22. The number of aromatic amines is 1. The summed E-state index contributed by atoms with van der Waals surface area (Å²) in [5, 5.41) is 7.85. The Bertz CT molecular complexity index is 667. The molecule has 0 aliphatic rings. The lowest BCUT2D eigenvalue weighted by molar-refractivity contribution is 1.20. The molecular weight excluding hydrogens is 318 g/mol. The molecule has 5 nitrogen and oxygen atoms in total. The van der Waals surface area contributed by atoms with Crippen LogP contribution in [0.25, 0.3) is 5.57 Å². The molecule has 0 radical (unpaired) electrons. The molecule has 0 bridgehead atoms. The van der Waals surface area contributed by atoms with Crippen LogP contribution in [-0.2, 0) is 0 Å². The third kappa shape index (κ3) is 3.16. The van der Waals surface area contributed by atoms with Crippen LogP contribution in [0.1, 0.15) is 11.3 Å². The lowest BCUT2D eigenvalue weighted by atomic mass is 10.0. The molecular formula is C14H14BrN5. The Morgan fingerprint density at radius 3 is 2.45 bits per heavy atom. The van der Waals surface area contributed by atoms with E-state index in [1.807, 2.05) is 42.6 Å².